The van der Waals surface area contributed by atoms with Crippen molar-refractivity contribution in [3.05, 3.63) is 36.1 Å². The molecule has 5 heteroatoms. The molecule has 1 heterocycles. The van der Waals surface area contributed by atoms with Gasteiger partial charge in [-0.3, -0.25) is 0 Å². The molecule has 0 aliphatic carbocycles. The van der Waals surface area contributed by atoms with Gasteiger partial charge in [-0.05, 0) is 37.4 Å². The van der Waals surface area contributed by atoms with Crippen LogP contribution in [0.25, 0.3) is 11.3 Å². The van der Waals surface area contributed by atoms with E-state index in [1.807, 2.05) is 30.3 Å². The van der Waals surface area contributed by atoms with Gasteiger partial charge in [-0.1, -0.05) is 19.0 Å². The van der Waals surface area contributed by atoms with Crippen molar-refractivity contribution in [2.75, 3.05) is 26.7 Å². The Morgan fingerprint density at radius 1 is 1.14 bits per heavy atom. The first-order valence-corrected chi connectivity index (χ1v) is 7.09. The maximum absolute atomic E-state index is 5.41. The quantitative estimate of drug-likeness (QED) is 0.782. The third-order valence-corrected chi connectivity index (χ3v) is 3.51. The summed E-state index contributed by atoms with van der Waals surface area (Å²) in [4.78, 5) is 2.37. The van der Waals surface area contributed by atoms with Crippen LogP contribution in [0.4, 0.5) is 0 Å². The molecular formula is C16H23ClN2O2. The van der Waals surface area contributed by atoms with E-state index in [1.165, 1.54) is 0 Å². The van der Waals surface area contributed by atoms with E-state index in [0.717, 1.165) is 48.8 Å². The van der Waals surface area contributed by atoms with Crippen molar-refractivity contribution in [1.82, 2.24) is 10.1 Å². The van der Waals surface area contributed by atoms with Crippen LogP contribution in [0.2, 0.25) is 0 Å². The van der Waals surface area contributed by atoms with E-state index < -0.39 is 0 Å². The molecule has 0 radical (unpaired) electrons. The number of methoxy groups -OCH3 is 1. The molecule has 0 unspecified atom stereocenters. The second-order valence-electron chi connectivity index (χ2n) is 4.68. The number of rotatable bonds is 7. The molecule has 0 spiro atoms. The van der Waals surface area contributed by atoms with E-state index in [2.05, 4.69) is 23.9 Å². The molecule has 0 atom stereocenters. The third-order valence-electron chi connectivity index (χ3n) is 3.51. The van der Waals surface area contributed by atoms with Crippen LogP contribution in [-0.2, 0) is 6.42 Å². The molecule has 116 valence electrons. The maximum Gasteiger partial charge on any atom is 0.138 e. The SMILES string of the molecule is CCN(CC)CCc1cc(-c2ccc(OC)cc2)no1.Cl. The van der Waals surface area contributed by atoms with Gasteiger partial charge in [0.05, 0.1) is 7.11 Å². The third kappa shape index (κ3) is 4.76. The van der Waals surface area contributed by atoms with Crippen molar-refractivity contribution in [3.8, 4) is 17.0 Å². The van der Waals surface area contributed by atoms with Crippen molar-refractivity contribution in [3.63, 3.8) is 0 Å². The summed E-state index contributed by atoms with van der Waals surface area (Å²) in [5, 5.41) is 4.14. The van der Waals surface area contributed by atoms with E-state index in [9.17, 15) is 0 Å². The van der Waals surface area contributed by atoms with E-state index in [0.29, 0.717) is 0 Å². The first kappa shape index (κ1) is 17.5. The highest BCUT2D eigenvalue weighted by Gasteiger charge is 2.08. The minimum atomic E-state index is 0. The van der Waals surface area contributed by atoms with Crippen LogP contribution < -0.4 is 4.74 Å². The highest BCUT2D eigenvalue weighted by atomic mass is 35.5. The summed E-state index contributed by atoms with van der Waals surface area (Å²) in [7, 11) is 1.66. The van der Waals surface area contributed by atoms with Crippen LogP contribution in [0.3, 0.4) is 0 Å². The van der Waals surface area contributed by atoms with Crippen molar-refractivity contribution in [2.45, 2.75) is 20.3 Å². The average Bonchev–Trinajstić information content (AvgIpc) is 2.97. The Bertz CT molecular complexity index is 521. The van der Waals surface area contributed by atoms with Crippen molar-refractivity contribution in [2.24, 2.45) is 0 Å². The smallest absolute Gasteiger partial charge is 0.138 e. The summed E-state index contributed by atoms with van der Waals surface area (Å²) in [6.07, 6.45) is 0.894. The largest absolute Gasteiger partial charge is 0.497 e. The topological polar surface area (TPSA) is 38.5 Å². The van der Waals surface area contributed by atoms with Gasteiger partial charge in [0, 0.05) is 24.6 Å². The van der Waals surface area contributed by atoms with E-state index in [-0.39, 0.29) is 12.4 Å². The maximum atomic E-state index is 5.41. The molecule has 4 nitrogen and oxygen atoms in total. The number of aromatic nitrogens is 1. The fourth-order valence-corrected chi connectivity index (χ4v) is 2.14. The standard InChI is InChI=1S/C16H22N2O2.ClH/c1-4-18(5-2)11-10-15-12-16(17-20-15)13-6-8-14(19-3)9-7-13;/h6-9,12H,4-5,10-11H2,1-3H3;1H. The van der Waals surface area contributed by atoms with Crippen molar-refractivity contribution in [1.29, 1.82) is 0 Å². The molecule has 2 aromatic rings. The zero-order chi connectivity index (χ0) is 14.4. The summed E-state index contributed by atoms with van der Waals surface area (Å²) < 4.78 is 10.6. The minimum absolute atomic E-state index is 0. The fraction of sp³-hybridized carbons (Fsp3) is 0.438. The van der Waals surface area contributed by atoms with Crippen LogP contribution in [0.15, 0.2) is 34.9 Å². The molecule has 0 saturated heterocycles. The van der Waals surface area contributed by atoms with Gasteiger partial charge in [0.15, 0.2) is 0 Å². The lowest BCUT2D eigenvalue weighted by atomic mass is 10.1. The molecule has 0 aliphatic rings. The number of benzene rings is 1. The van der Waals surface area contributed by atoms with Gasteiger partial charge in [0.2, 0.25) is 0 Å². The molecule has 0 saturated carbocycles. The highest BCUT2D eigenvalue weighted by molar-refractivity contribution is 5.85. The molecule has 0 aliphatic heterocycles. The number of likely N-dealkylation sites (N-methyl/N-ethyl adjacent to an activating group) is 1. The van der Waals surface area contributed by atoms with Crippen molar-refractivity contribution >= 4 is 12.4 Å². The van der Waals surface area contributed by atoms with Gasteiger partial charge >= 0.3 is 0 Å². The lowest BCUT2D eigenvalue weighted by Gasteiger charge is -2.16. The predicted molar refractivity (Wildman–Crippen MR) is 87.2 cm³/mol. The highest BCUT2D eigenvalue weighted by Crippen LogP contribution is 2.22. The summed E-state index contributed by atoms with van der Waals surface area (Å²) in [5.41, 5.74) is 1.92. The van der Waals surface area contributed by atoms with Gasteiger partial charge in [-0.25, -0.2) is 0 Å². The van der Waals surface area contributed by atoms with E-state index in [1.54, 1.807) is 7.11 Å². The monoisotopic (exact) mass is 310 g/mol. The zero-order valence-electron chi connectivity index (χ0n) is 12.8. The summed E-state index contributed by atoms with van der Waals surface area (Å²) in [6.45, 7) is 7.48. The normalized spacial score (nSPS) is 10.5. The summed E-state index contributed by atoms with van der Waals surface area (Å²) in [6, 6.07) is 9.86. The lowest BCUT2D eigenvalue weighted by molar-refractivity contribution is 0.290. The Morgan fingerprint density at radius 3 is 2.38 bits per heavy atom. The molecule has 0 bridgehead atoms. The second kappa shape index (κ2) is 8.70. The number of ether oxygens (including phenoxy) is 1. The average molecular weight is 311 g/mol. The number of halogens is 1. The minimum Gasteiger partial charge on any atom is -0.497 e. The predicted octanol–water partition coefficient (Wildman–Crippen LogP) is 3.66. The molecular weight excluding hydrogens is 288 g/mol. The van der Waals surface area contributed by atoms with Crippen LogP contribution >= 0.6 is 12.4 Å². The van der Waals surface area contributed by atoms with E-state index in [4.69, 9.17) is 9.26 Å². The number of hydrogen-bond acceptors (Lipinski definition) is 4. The Kier molecular flexibility index (Phi) is 7.26. The summed E-state index contributed by atoms with van der Waals surface area (Å²) in [5.74, 6) is 1.78. The van der Waals surface area contributed by atoms with Gasteiger partial charge in [-0.15, -0.1) is 12.4 Å². The zero-order valence-corrected chi connectivity index (χ0v) is 13.7. The van der Waals surface area contributed by atoms with Crippen LogP contribution in [0, 0.1) is 0 Å². The molecule has 1 aromatic heterocycles. The van der Waals surface area contributed by atoms with Crippen LogP contribution in [0.1, 0.15) is 19.6 Å². The number of hydrogen-bond donors (Lipinski definition) is 0. The molecule has 21 heavy (non-hydrogen) atoms. The van der Waals surface area contributed by atoms with Gasteiger partial charge in [-0.2, -0.15) is 0 Å². The Balaban J connectivity index is 0.00000220. The lowest BCUT2D eigenvalue weighted by Crippen LogP contribution is -2.25. The Labute approximate surface area is 132 Å². The van der Waals surface area contributed by atoms with Gasteiger partial charge in [0.1, 0.15) is 17.2 Å². The van der Waals surface area contributed by atoms with Gasteiger partial charge < -0.3 is 14.2 Å². The fourth-order valence-electron chi connectivity index (χ4n) is 2.14. The number of nitrogens with zero attached hydrogens (tertiary/aromatic N) is 2. The molecule has 2 rings (SSSR count). The molecule has 0 fully saturated rings. The summed E-state index contributed by atoms with van der Waals surface area (Å²) >= 11 is 0. The first-order chi connectivity index (χ1) is 9.76. The second-order valence-corrected chi connectivity index (χ2v) is 4.68. The van der Waals surface area contributed by atoms with Gasteiger partial charge in [0.25, 0.3) is 0 Å². The van der Waals surface area contributed by atoms with Crippen LogP contribution in [0.5, 0.6) is 5.75 Å². The molecule has 0 amide bonds. The van der Waals surface area contributed by atoms with E-state index >= 15 is 0 Å². The van der Waals surface area contributed by atoms with Crippen LogP contribution in [-0.4, -0.2) is 36.8 Å². The Hall–Kier alpha value is -1.52. The van der Waals surface area contributed by atoms with Crippen molar-refractivity contribution < 1.29 is 9.26 Å². The Morgan fingerprint density at radius 2 is 1.81 bits per heavy atom. The molecule has 0 N–H and O–H groups in total. The first-order valence-electron chi connectivity index (χ1n) is 7.09. The molecule has 1 aromatic carbocycles.